The third kappa shape index (κ3) is 1.51. The van der Waals surface area contributed by atoms with Crippen molar-refractivity contribution in [3.05, 3.63) is 45.2 Å². The minimum absolute atomic E-state index is 0.847. The molecule has 0 unspecified atom stereocenters. The number of nitrogens with zero attached hydrogens (tertiary/aromatic N) is 3. The molecule has 1 aliphatic heterocycles. The molecule has 0 saturated heterocycles. The third-order valence-electron chi connectivity index (χ3n) is 2.31. The fourth-order valence-corrected chi connectivity index (χ4v) is 2.16. The van der Waals surface area contributed by atoms with E-state index in [4.69, 9.17) is 0 Å². The van der Waals surface area contributed by atoms with Crippen LogP contribution in [0.25, 0.3) is 11.8 Å². The number of fused-ring (bicyclic) bond motifs is 1. The molecule has 0 spiro atoms. The number of hydrogen-bond acceptors (Lipinski definition) is 5. The van der Waals surface area contributed by atoms with Crippen LogP contribution in [0.15, 0.2) is 34.9 Å². The minimum atomic E-state index is 0.847. The smallest absolute Gasteiger partial charge is 0.166 e. The van der Waals surface area contributed by atoms with Gasteiger partial charge in [0.25, 0.3) is 0 Å². The van der Waals surface area contributed by atoms with Crippen LogP contribution in [0.2, 0.25) is 0 Å². The molecule has 1 N–H and O–H groups in total. The van der Waals surface area contributed by atoms with Crippen LogP contribution in [0.3, 0.4) is 0 Å². The van der Waals surface area contributed by atoms with E-state index in [9.17, 15) is 0 Å². The number of hydrazone groups is 1. The van der Waals surface area contributed by atoms with E-state index < -0.39 is 0 Å². The van der Waals surface area contributed by atoms with Crippen LogP contribution in [0.4, 0.5) is 0 Å². The summed E-state index contributed by atoms with van der Waals surface area (Å²) in [7, 11) is 0. The molecule has 4 nitrogen and oxygen atoms in total. The summed E-state index contributed by atoms with van der Waals surface area (Å²) in [4.78, 5) is 0. The van der Waals surface area contributed by atoms with Crippen molar-refractivity contribution in [3.8, 4) is 0 Å². The second-order valence-corrected chi connectivity index (χ2v) is 4.10. The first-order valence-electron chi connectivity index (χ1n) is 4.80. The Labute approximate surface area is 95.7 Å². The lowest BCUT2D eigenvalue weighted by Gasteiger charge is -2.00. The van der Waals surface area contributed by atoms with Crippen molar-refractivity contribution in [1.82, 2.24) is 15.6 Å². The van der Waals surface area contributed by atoms with Gasteiger partial charge in [-0.1, -0.05) is 35.6 Å². The molecule has 5 heteroatoms. The molecule has 0 bridgehead atoms. The minimum Gasteiger partial charge on any atom is -0.275 e. The zero-order valence-corrected chi connectivity index (χ0v) is 9.11. The van der Waals surface area contributed by atoms with Gasteiger partial charge in [-0.3, -0.25) is 5.43 Å². The van der Waals surface area contributed by atoms with Gasteiger partial charge in [-0.15, -0.1) is 10.2 Å². The van der Waals surface area contributed by atoms with Gasteiger partial charge < -0.3 is 0 Å². The summed E-state index contributed by atoms with van der Waals surface area (Å²) < 4.78 is 0. The van der Waals surface area contributed by atoms with E-state index in [1.807, 2.05) is 24.3 Å². The van der Waals surface area contributed by atoms with Crippen LogP contribution < -0.4 is 15.9 Å². The zero-order chi connectivity index (χ0) is 10.8. The highest BCUT2D eigenvalue weighted by Crippen LogP contribution is 2.09. The number of benzene rings is 1. The van der Waals surface area contributed by atoms with E-state index in [0.29, 0.717) is 0 Å². The Kier molecular flexibility index (Phi) is 2.23. The predicted molar refractivity (Wildman–Crippen MR) is 64.2 cm³/mol. The summed E-state index contributed by atoms with van der Waals surface area (Å²) >= 11 is 1.49. The quantitative estimate of drug-likeness (QED) is 0.751. The molecule has 0 aliphatic carbocycles. The Morgan fingerprint density at radius 2 is 2.12 bits per heavy atom. The topological polar surface area (TPSA) is 50.2 Å². The first-order chi connectivity index (χ1) is 7.95. The molecular weight excluding hydrogens is 220 g/mol. The van der Waals surface area contributed by atoms with Crippen molar-refractivity contribution in [2.24, 2.45) is 5.10 Å². The highest BCUT2D eigenvalue weighted by Gasteiger charge is 2.07. The average molecular weight is 228 g/mol. The van der Waals surface area contributed by atoms with Crippen molar-refractivity contribution in [3.63, 3.8) is 0 Å². The molecule has 0 fully saturated rings. The van der Waals surface area contributed by atoms with Gasteiger partial charge in [0.05, 0.1) is 0 Å². The van der Waals surface area contributed by atoms with Crippen LogP contribution in [-0.4, -0.2) is 16.4 Å². The van der Waals surface area contributed by atoms with Crippen molar-refractivity contribution in [1.29, 1.82) is 0 Å². The molecule has 2 aromatic rings. The molecule has 1 aliphatic rings. The van der Waals surface area contributed by atoms with Crippen molar-refractivity contribution >= 4 is 29.3 Å². The van der Waals surface area contributed by atoms with Gasteiger partial charge in [-0.05, 0) is 11.3 Å². The molecule has 2 heterocycles. The third-order valence-corrected chi connectivity index (χ3v) is 3.02. The van der Waals surface area contributed by atoms with Crippen LogP contribution in [0.5, 0.6) is 0 Å². The van der Waals surface area contributed by atoms with Gasteiger partial charge in [-0.2, -0.15) is 5.10 Å². The lowest BCUT2D eigenvalue weighted by molar-refractivity contribution is 0.969. The van der Waals surface area contributed by atoms with E-state index in [1.54, 1.807) is 11.7 Å². The average Bonchev–Trinajstić information content (AvgIpc) is 2.76. The number of nitrogens with one attached hydrogen (secondary N) is 1. The first kappa shape index (κ1) is 9.23. The second kappa shape index (κ2) is 3.86. The summed E-state index contributed by atoms with van der Waals surface area (Å²) in [5.41, 5.74) is 5.62. The summed E-state index contributed by atoms with van der Waals surface area (Å²) in [5, 5.41) is 15.1. The first-order valence-corrected chi connectivity index (χ1v) is 5.68. The SMILES string of the molecule is C1=NNC(c2nncs2)=c2ccccc2=C1. The fourth-order valence-electron chi connectivity index (χ4n) is 1.59. The normalized spacial score (nSPS) is 13.6. The molecule has 3 rings (SSSR count). The maximum atomic E-state index is 4.09. The molecule has 16 heavy (non-hydrogen) atoms. The Bertz CT molecular complexity index is 643. The Morgan fingerprint density at radius 3 is 3.00 bits per heavy atom. The Hall–Kier alpha value is -2.01. The van der Waals surface area contributed by atoms with Crippen LogP contribution in [0, 0.1) is 0 Å². The van der Waals surface area contributed by atoms with Crippen LogP contribution in [-0.2, 0) is 0 Å². The second-order valence-electron chi connectivity index (χ2n) is 3.26. The molecule has 0 saturated carbocycles. The Morgan fingerprint density at radius 1 is 1.19 bits per heavy atom. The van der Waals surface area contributed by atoms with Gasteiger partial charge in [0.15, 0.2) is 5.01 Å². The molecule has 0 atom stereocenters. The number of rotatable bonds is 1. The lowest BCUT2D eigenvalue weighted by atomic mass is 10.2. The van der Waals surface area contributed by atoms with E-state index in [0.717, 1.165) is 21.1 Å². The van der Waals surface area contributed by atoms with E-state index in [1.165, 1.54) is 11.3 Å². The fraction of sp³-hybridized carbons (Fsp3) is 0. The zero-order valence-electron chi connectivity index (χ0n) is 8.29. The van der Waals surface area contributed by atoms with Crippen LogP contribution in [0.1, 0.15) is 5.01 Å². The van der Waals surface area contributed by atoms with E-state index in [-0.39, 0.29) is 0 Å². The molecule has 78 valence electrons. The van der Waals surface area contributed by atoms with Gasteiger partial charge in [0.1, 0.15) is 11.2 Å². The number of hydrogen-bond donors (Lipinski definition) is 1. The molecule has 1 aromatic heterocycles. The predicted octanol–water partition coefficient (Wildman–Crippen LogP) is 0.0641. The highest BCUT2D eigenvalue weighted by molar-refractivity contribution is 7.10. The van der Waals surface area contributed by atoms with Gasteiger partial charge in [-0.25, -0.2) is 0 Å². The maximum Gasteiger partial charge on any atom is 0.166 e. The van der Waals surface area contributed by atoms with Crippen molar-refractivity contribution < 1.29 is 0 Å². The summed E-state index contributed by atoms with van der Waals surface area (Å²) in [6.07, 6.45) is 3.71. The monoisotopic (exact) mass is 228 g/mol. The Balaban J connectivity index is 2.39. The molecule has 0 radical (unpaired) electrons. The lowest BCUT2D eigenvalue weighted by Crippen LogP contribution is -2.29. The molecular formula is C11H8N4S. The number of aromatic nitrogens is 2. The van der Waals surface area contributed by atoms with Gasteiger partial charge >= 0.3 is 0 Å². The highest BCUT2D eigenvalue weighted by atomic mass is 32.1. The summed E-state index contributed by atoms with van der Waals surface area (Å²) in [6.45, 7) is 0. The van der Waals surface area contributed by atoms with Crippen LogP contribution >= 0.6 is 11.3 Å². The van der Waals surface area contributed by atoms with E-state index in [2.05, 4.69) is 26.8 Å². The largest absolute Gasteiger partial charge is 0.275 e. The summed E-state index contributed by atoms with van der Waals surface area (Å²) in [6, 6.07) is 8.10. The van der Waals surface area contributed by atoms with Crippen molar-refractivity contribution in [2.75, 3.05) is 0 Å². The standard InChI is InChI=1S/C11H8N4S/c1-2-4-9-8(3-1)5-6-12-14-10(9)11-15-13-7-16-11/h1-7,14H. The van der Waals surface area contributed by atoms with E-state index >= 15 is 0 Å². The molecule has 0 amide bonds. The van der Waals surface area contributed by atoms with Gasteiger partial charge in [0, 0.05) is 11.4 Å². The van der Waals surface area contributed by atoms with Crippen molar-refractivity contribution in [2.45, 2.75) is 0 Å². The molecule has 1 aromatic carbocycles. The maximum absolute atomic E-state index is 4.09. The van der Waals surface area contributed by atoms with Gasteiger partial charge in [0.2, 0.25) is 0 Å². The summed E-state index contributed by atoms with van der Waals surface area (Å²) in [5.74, 6) is 0.